The fraction of sp³-hybridized carbons (Fsp3) is 0.458. The molecular weight excluding hydrogens is 362 g/mol. The highest BCUT2D eigenvalue weighted by Gasteiger charge is 2.10. The van der Waals surface area contributed by atoms with Crippen LogP contribution in [0.15, 0.2) is 53.2 Å². The molecule has 0 aliphatic rings. The molecule has 3 rings (SSSR count). The minimum atomic E-state index is 0.278. The second-order valence-corrected chi connectivity index (χ2v) is 6.24. The lowest BCUT2D eigenvalue weighted by Gasteiger charge is -2.09. The highest BCUT2D eigenvalue weighted by Crippen LogP contribution is 2.24. The van der Waals surface area contributed by atoms with E-state index in [2.05, 4.69) is 29.0 Å². The third-order valence-electron chi connectivity index (χ3n) is 3.61. The van der Waals surface area contributed by atoms with Gasteiger partial charge in [-0.1, -0.05) is 73.6 Å². The van der Waals surface area contributed by atoms with E-state index in [0.29, 0.717) is 17.7 Å². The molecule has 0 aliphatic carbocycles. The van der Waals surface area contributed by atoms with Crippen LogP contribution in [0.1, 0.15) is 78.7 Å². The first-order valence-electron chi connectivity index (χ1n) is 10.4. The minimum absolute atomic E-state index is 0.278. The van der Waals surface area contributed by atoms with Gasteiger partial charge in [0, 0.05) is 17.7 Å². The molecule has 29 heavy (non-hydrogen) atoms. The van der Waals surface area contributed by atoms with Gasteiger partial charge in [-0.2, -0.15) is 0 Å². The summed E-state index contributed by atoms with van der Waals surface area (Å²) in [5, 5.41) is 7.97. The number of rotatable bonds is 4. The summed E-state index contributed by atoms with van der Waals surface area (Å²) in [5.74, 6) is 2.92. The third-order valence-corrected chi connectivity index (χ3v) is 3.61. The van der Waals surface area contributed by atoms with E-state index in [4.69, 9.17) is 9.15 Å². The van der Waals surface area contributed by atoms with Crippen LogP contribution in [-0.2, 0) is 0 Å². The van der Waals surface area contributed by atoms with Crippen LogP contribution in [0.2, 0.25) is 0 Å². The highest BCUT2D eigenvalue weighted by molar-refractivity contribution is 5.51. The molecule has 0 bridgehead atoms. The predicted octanol–water partition coefficient (Wildman–Crippen LogP) is 7.13. The predicted molar refractivity (Wildman–Crippen MR) is 121 cm³/mol. The van der Waals surface area contributed by atoms with Crippen molar-refractivity contribution in [3.63, 3.8) is 0 Å². The summed E-state index contributed by atoms with van der Waals surface area (Å²) in [6.07, 6.45) is 3.53. The van der Waals surface area contributed by atoms with Crippen molar-refractivity contribution in [3.05, 3.63) is 60.2 Å². The lowest BCUT2D eigenvalue weighted by molar-refractivity contribution is 0.405. The number of nitrogens with zero attached hydrogens (tertiary/aromatic N) is 3. The van der Waals surface area contributed by atoms with Gasteiger partial charge in [-0.15, -0.1) is 10.2 Å². The normalized spacial score (nSPS) is 9.48. The number of hydrogen-bond donors (Lipinski definition) is 0. The molecule has 0 aliphatic heterocycles. The quantitative estimate of drug-likeness (QED) is 0.467. The summed E-state index contributed by atoms with van der Waals surface area (Å²) in [7, 11) is 1.67. The molecule has 0 unspecified atom stereocenters. The van der Waals surface area contributed by atoms with Gasteiger partial charge in [0.15, 0.2) is 0 Å². The maximum absolute atomic E-state index is 5.51. The van der Waals surface area contributed by atoms with E-state index in [9.17, 15) is 0 Å². The maximum atomic E-state index is 5.51. The number of aromatic nitrogens is 3. The fourth-order valence-corrected chi connectivity index (χ4v) is 2.20. The molecule has 0 radical (unpaired) electrons. The van der Waals surface area contributed by atoms with E-state index in [1.54, 1.807) is 19.5 Å². The molecule has 5 heteroatoms. The zero-order chi connectivity index (χ0) is 22.2. The second kappa shape index (κ2) is 15.3. The van der Waals surface area contributed by atoms with Gasteiger partial charge >= 0.3 is 0 Å². The number of ether oxygens (including phenoxy) is 1. The molecule has 0 spiro atoms. The van der Waals surface area contributed by atoms with Gasteiger partial charge in [0.1, 0.15) is 5.75 Å². The van der Waals surface area contributed by atoms with Gasteiger partial charge in [0.05, 0.1) is 13.3 Å². The zero-order valence-electron chi connectivity index (χ0n) is 19.4. The summed E-state index contributed by atoms with van der Waals surface area (Å²) in [6.45, 7) is 16.3. The molecule has 2 aromatic heterocycles. The number of pyridine rings is 1. The van der Waals surface area contributed by atoms with Crippen molar-refractivity contribution in [1.82, 2.24) is 15.2 Å². The molecular formula is C24H37N3O2. The van der Waals surface area contributed by atoms with E-state index in [0.717, 1.165) is 11.3 Å². The van der Waals surface area contributed by atoms with Crippen LogP contribution in [0.4, 0.5) is 0 Å². The summed E-state index contributed by atoms with van der Waals surface area (Å²) in [6, 6.07) is 11.8. The Bertz CT molecular complexity index is 769. The van der Waals surface area contributed by atoms with E-state index in [1.165, 1.54) is 5.56 Å². The third kappa shape index (κ3) is 8.90. The summed E-state index contributed by atoms with van der Waals surface area (Å²) in [4.78, 5) is 3.97. The van der Waals surface area contributed by atoms with Crippen molar-refractivity contribution in [3.8, 4) is 17.2 Å². The Kier molecular flexibility index (Phi) is 13.8. The second-order valence-electron chi connectivity index (χ2n) is 6.24. The van der Waals surface area contributed by atoms with Crippen molar-refractivity contribution in [2.75, 3.05) is 7.11 Å². The Labute approximate surface area is 176 Å². The molecule has 0 saturated carbocycles. The Morgan fingerprint density at radius 3 is 1.90 bits per heavy atom. The maximum Gasteiger partial charge on any atom is 0.247 e. The van der Waals surface area contributed by atoms with Crippen molar-refractivity contribution < 1.29 is 9.15 Å². The molecule has 1 aromatic carbocycles. The van der Waals surface area contributed by atoms with Gasteiger partial charge in [-0.3, -0.25) is 4.98 Å². The fourth-order valence-electron chi connectivity index (χ4n) is 2.20. The van der Waals surface area contributed by atoms with Gasteiger partial charge < -0.3 is 9.15 Å². The Morgan fingerprint density at radius 2 is 1.45 bits per heavy atom. The lowest BCUT2D eigenvalue weighted by atomic mass is 10.0. The summed E-state index contributed by atoms with van der Waals surface area (Å²) >= 11 is 0. The van der Waals surface area contributed by atoms with Crippen molar-refractivity contribution in [1.29, 1.82) is 0 Å². The number of benzene rings is 1. The van der Waals surface area contributed by atoms with Gasteiger partial charge in [0.25, 0.3) is 0 Å². The average molecular weight is 400 g/mol. The summed E-state index contributed by atoms with van der Waals surface area (Å²) in [5.41, 5.74) is 2.18. The molecule has 0 fully saturated rings. The smallest absolute Gasteiger partial charge is 0.247 e. The molecule has 0 saturated heterocycles. The van der Waals surface area contributed by atoms with Crippen molar-refractivity contribution in [2.24, 2.45) is 0 Å². The summed E-state index contributed by atoms with van der Waals surface area (Å²) < 4.78 is 10.7. The molecule has 5 nitrogen and oxygen atoms in total. The number of hydrogen-bond acceptors (Lipinski definition) is 5. The standard InChI is InChI=1S/C11H12N2O.C9H13NO.2C2H6/c1-8(2)10-12-13-11(14-10)9-6-4-3-5-7-9;1-7(2)8-4-5-10-6-9(8)11-3;2*1-2/h3-8H,1-2H3;4-7H,1-3H3;2*1-2H3. The van der Waals surface area contributed by atoms with Crippen molar-refractivity contribution in [2.45, 2.75) is 67.2 Å². The minimum Gasteiger partial charge on any atom is -0.495 e. The first kappa shape index (κ1) is 26.3. The van der Waals surface area contributed by atoms with Crippen LogP contribution in [-0.4, -0.2) is 22.3 Å². The first-order chi connectivity index (χ1) is 14.0. The van der Waals surface area contributed by atoms with Gasteiger partial charge in [-0.05, 0) is 29.7 Å². The van der Waals surface area contributed by atoms with E-state index in [1.807, 2.05) is 77.9 Å². The molecule has 3 aromatic rings. The molecule has 0 N–H and O–H groups in total. The topological polar surface area (TPSA) is 61.0 Å². The van der Waals surface area contributed by atoms with Crippen LogP contribution in [0.25, 0.3) is 11.5 Å². The Balaban J connectivity index is 0.000000472. The highest BCUT2D eigenvalue weighted by atomic mass is 16.5. The van der Waals surface area contributed by atoms with Gasteiger partial charge in [-0.25, -0.2) is 0 Å². The lowest BCUT2D eigenvalue weighted by Crippen LogP contribution is -1.94. The number of methoxy groups -OCH3 is 1. The van der Waals surface area contributed by atoms with E-state index in [-0.39, 0.29) is 5.92 Å². The SMILES string of the molecule is CC.CC.CC(C)c1nnc(-c2ccccc2)o1.COc1cnccc1C(C)C. The Hall–Kier alpha value is -2.69. The van der Waals surface area contributed by atoms with Gasteiger partial charge in [0.2, 0.25) is 11.8 Å². The first-order valence-corrected chi connectivity index (χ1v) is 10.4. The van der Waals surface area contributed by atoms with Crippen LogP contribution in [0.3, 0.4) is 0 Å². The van der Waals surface area contributed by atoms with E-state index < -0.39 is 0 Å². The largest absolute Gasteiger partial charge is 0.495 e. The zero-order valence-corrected chi connectivity index (χ0v) is 19.4. The molecule has 2 heterocycles. The van der Waals surface area contributed by atoms with Crippen molar-refractivity contribution >= 4 is 0 Å². The van der Waals surface area contributed by atoms with E-state index >= 15 is 0 Å². The Morgan fingerprint density at radius 1 is 0.828 bits per heavy atom. The molecule has 0 amide bonds. The average Bonchev–Trinajstić information content (AvgIpc) is 3.28. The van der Waals surface area contributed by atoms with Crippen LogP contribution in [0, 0.1) is 0 Å². The van der Waals surface area contributed by atoms with Crippen LogP contribution < -0.4 is 4.74 Å². The monoisotopic (exact) mass is 399 g/mol. The molecule has 0 atom stereocenters. The molecule has 160 valence electrons. The van der Waals surface area contributed by atoms with Crippen LogP contribution in [0.5, 0.6) is 5.75 Å². The van der Waals surface area contributed by atoms with Crippen LogP contribution >= 0.6 is 0 Å².